The van der Waals surface area contributed by atoms with Crippen molar-refractivity contribution in [3.63, 3.8) is 0 Å². The molecular formula is C13H17Cl2N3OS. The molecule has 0 aliphatic carbocycles. The number of hydrogen-bond acceptors (Lipinski definition) is 5. The highest BCUT2D eigenvalue weighted by molar-refractivity contribution is 7.98. The molecule has 110 valence electrons. The van der Waals surface area contributed by atoms with Gasteiger partial charge in [0.25, 0.3) is 5.22 Å². The first-order valence-corrected chi connectivity index (χ1v) is 7.39. The third-order valence-corrected chi connectivity index (χ3v) is 3.97. The van der Waals surface area contributed by atoms with Crippen molar-refractivity contribution in [1.82, 2.24) is 10.2 Å². The van der Waals surface area contributed by atoms with Crippen molar-refractivity contribution in [1.29, 1.82) is 0 Å². The van der Waals surface area contributed by atoms with Crippen LogP contribution < -0.4 is 5.73 Å². The fourth-order valence-electron chi connectivity index (χ4n) is 1.45. The minimum atomic E-state index is -0.220. The SMILES string of the molecule is CC(C)C(N)c1nnc(SCc2ccccc2Cl)o1.Cl. The lowest BCUT2D eigenvalue weighted by atomic mass is 10.1. The maximum atomic E-state index is 6.09. The molecule has 0 aliphatic heterocycles. The Labute approximate surface area is 133 Å². The van der Waals surface area contributed by atoms with E-state index in [2.05, 4.69) is 10.2 Å². The summed E-state index contributed by atoms with van der Waals surface area (Å²) >= 11 is 7.55. The van der Waals surface area contributed by atoms with Crippen LogP contribution in [0.1, 0.15) is 31.3 Å². The first-order chi connectivity index (χ1) is 9.08. The summed E-state index contributed by atoms with van der Waals surface area (Å²) in [6.07, 6.45) is 0. The fourth-order valence-corrected chi connectivity index (χ4v) is 2.51. The molecular weight excluding hydrogens is 317 g/mol. The van der Waals surface area contributed by atoms with Gasteiger partial charge in [0.2, 0.25) is 5.89 Å². The number of halogens is 2. The molecule has 0 bridgehead atoms. The van der Waals surface area contributed by atoms with Crippen LogP contribution in [0.5, 0.6) is 0 Å². The second kappa shape index (κ2) is 7.88. The van der Waals surface area contributed by atoms with E-state index in [0.717, 1.165) is 10.6 Å². The summed E-state index contributed by atoms with van der Waals surface area (Å²) < 4.78 is 5.54. The summed E-state index contributed by atoms with van der Waals surface area (Å²) in [5.74, 6) is 1.44. The summed E-state index contributed by atoms with van der Waals surface area (Å²) in [7, 11) is 0. The molecule has 1 aromatic carbocycles. The van der Waals surface area contributed by atoms with Gasteiger partial charge in [-0.3, -0.25) is 0 Å². The molecule has 2 N–H and O–H groups in total. The van der Waals surface area contributed by atoms with E-state index in [9.17, 15) is 0 Å². The molecule has 1 atom stereocenters. The zero-order chi connectivity index (χ0) is 13.8. The van der Waals surface area contributed by atoms with Gasteiger partial charge in [-0.1, -0.05) is 55.4 Å². The molecule has 0 radical (unpaired) electrons. The zero-order valence-corrected chi connectivity index (χ0v) is 13.6. The van der Waals surface area contributed by atoms with Gasteiger partial charge >= 0.3 is 0 Å². The van der Waals surface area contributed by atoms with Crippen LogP contribution in [0.4, 0.5) is 0 Å². The van der Waals surface area contributed by atoms with Crippen LogP contribution in [0.15, 0.2) is 33.9 Å². The van der Waals surface area contributed by atoms with E-state index in [-0.39, 0.29) is 24.4 Å². The van der Waals surface area contributed by atoms with Crippen molar-refractivity contribution in [2.45, 2.75) is 30.9 Å². The van der Waals surface area contributed by atoms with Gasteiger partial charge in [-0.25, -0.2) is 0 Å². The number of hydrogen-bond donors (Lipinski definition) is 1. The van der Waals surface area contributed by atoms with E-state index in [1.165, 1.54) is 11.8 Å². The van der Waals surface area contributed by atoms with Crippen molar-refractivity contribution < 1.29 is 4.42 Å². The third-order valence-electron chi connectivity index (χ3n) is 2.73. The van der Waals surface area contributed by atoms with Crippen molar-refractivity contribution in [3.05, 3.63) is 40.7 Å². The lowest BCUT2D eigenvalue weighted by Gasteiger charge is -2.09. The molecule has 0 saturated carbocycles. The Morgan fingerprint density at radius 1 is 1.30 bits per heavy atom. The maximum absolute atomic E-state index is 6.09. The van der Waals surface area contributed by atoms with Crippen molar-refractivity contribution in [2.75, 3.05) is 0 Å². The van der Waals surface area contributed by atoms with Gasteiger partial charge in [0.15, 0.2) is 0 Å². The summed E-state index contributed by atoms with van der Waals surface area (Å²) in [5, 5.41) is 9.23. The number of benzene rings is 1. The number of thioether (sulfide) groups is 1. The van der Waals surface area contributed by atoms with Gasteiger partial charge in [-0.15, -0.1) is 22.6 Å². The van der Waals surface area contributed by atoms with Crippen LogP contribution in [0.2, 0.25) is 5.02 Å². The number of aromatic nitrogens is 2. The number of nitrogens with two attached hydrogens (primary N) is 1. The Bertz CT molecular complexity index is 548. The Hall–Kier alpha value is -0.750. The van der Waals surface area contributed by atoms with Crippen LogP contribution in [0.25, 0.3) is 0 Å². The van der Waals surface area contributed by atoms with Crippen LogP contribution in [-0.4, -0.2) is 10.2 Å². The molecule has 0 fully saturated rings. The van der Waals surface area contributed by atoms with E-state index < -0.39 is 0 Å². The predicted octanol–water partition coefficient (Wildman–Crippen LogP) is 4.09. The zero-order valence-electron chi connectivity index (χ0n) is 11.2. The largest absolute Gasteiger partial charge is 0.414 e. The van der Waals surface area contributed by atoms with Gasteiger partial charge in [-0.2, -0.15) is 0 Å². The van der Waals surface area contributed by atoms with Gasteiger partial charge in [0.05, 0.1) is 6.04 Å². The molecule has 0 amide bonds. The van der Waals surface area contributed by atoms with Gasteiger partial charge < -0.3 is 10.2 Å². The normalized spacial score (nSPS) is 12.2. The highest BCUT2D eigenvalue weighted by atomic mass is 35.5. The van der Waals surface area contributed by atoms with Crippen LogP contribution in [-0.2, 0) is 5.75 Å². The molecule has 4 nitrogen and oxygen atoms in total. The first kappa shape index (κ1) is 17.3. The summed E-state index contributed by atoms with van der Waals surface area (Å²) in [5.41, 5.74) is 7.00. The molecule has 7 heteroatoms. The number of nitrogens with zero attached hydrogens (tertiary/aromatic N) is 2. The Morgan fingerprint density at radius 2 is 2.00 bits per heavy atom. The summed E-state index contributed by atoms with van der Waals surface area (Å²) in [6.45, 7) is 4.04. The molecule has 2 rings (SSSR count). The molecule has 1 unspecified atom stereocenters. The lowest BCUT2D eigenvalue weighted by Crippen LogP contribution is -2.16. The average molecular weight is 334 g/mol. The predicted molar refractivity (Wildman–Crippen MR) is 84.3 cm³/mol. The lowest BCUT2D eigenvalue weighted by molar-refractivity contribution is 0.349. The third kappa shape index (κ3) is 4.38. The van der Waals surface area contributed by atoms with Gasteiger partial charge in [0.1, 0.15) is 0 Å². The van der Waals surface area contributed by atoms with Crippen LogP contribution in [0, 0.1) is 5.92 Å². The monoisotopic (exact) mass is 333 g/mol. The Morgan fingerprint density at radius 3 is 2.65 bits per heavy atom. The second-order valence-corrected chi connectivity index (χ2v) is 5.89. The smallest absolute Gasteiger partial charge is 0.276 e. The summed E-state index contributed by atoms with van der Waals surface area (Å²) in [6, 6.07) is 7.48. The first-order valence-electron chi connectivity index (χ1n) is 6.03. The highest BCUT2D eigenvalue weighted by Crippen LogP contribution is 2.27. The minimum absolute atomic E-state index is 0. The minimum Gasteiger partial charge on any atom is -0.414 e. The van der Waals surface area contributed by atoms with E-state index >= 15 is 0 Å². The van der Waals surface area contributed by atoms with Crippen molar-refractivity contribution in [3.8, 4) is 0 Å². The van der Waals surface area contributed by atoms with E-state index in [1.54, 1.807) is 0 Å². The van der Waals surface area contributed by atoms with Crippen molar-refractivity contribution >= 4 is 35.8 Å². The Kier molecular flexibility index (Phi) is 6.82. The van der Waals surface area contributed by atoms with E-state index in [4.69, 9.17) is 21.8 Å². The molecule has 2 aromatic rings. The molecule has 0 saturated heterocycles. The summed E-state index contributed by atoms with van der Waals surface area (Å²) in [4.78, 5) is 0. The standard InChI is InChI=1S/C13H16ClN3OS.ClH/c1-8(2)11(15)12-16-17-13(18-12)19-7-9-5-3-4-6-10(9)14;/h3-6,8,11H,7,15H2,1-2H3;1H. The quantitative estimate of drug-likeness (QED) is 0.834. The molecule has 0 spiro atoms. The molecule has 20 heavy (non-hydrogen) atoms. The highest BCUT2D eigenvalue weighted by Gasteiger charge is 2.18. The molecule has 0 aliphatic rings. The van der Waals surface area contributed by atoms with Gasteiger partial charge in [0, 0.05) is 10.8 Å². The fraction of sp³-hybridized carbons (Fsp3) is 0.385. The second-order valence-electron chi connectivity index (χ2n) is 4.56. The topological polar surface area (TPSA) is 64.9 Å². The van der Waals surface area contributed by atoms with Crippen molar-refractivity contribution in [2.24, 2.45) is 11.7 Å². The maximum Gasteiger partial charge on any atom is 0.276 e. The average Bonchev–Trinajstić information content (AvgIpc) is 2.85. The Balaban J connectivity index is 0.00000200. The van der Waals surface area contributed by atoms with Gasteiger partial charge in [-0.05, 0) is 17.5 Å². The van der Waals surface area contributed by atoms with E-state index in [1.807, 2.05) is 38.1 Å². The molecule has 1 aromatic heterocycles. The van der Waals surface area contributed by atoms with Crippen LogP contribution in [0.3, 0.4) is 0 Å². The van der Waals surface area contributed by atoms with Crippen LogP contribution >= 0.6 is 35.8 Å². The number of rotatable bonds is 5. The van der Waals surface area contributed by atoms with E-state index in [0.29, 0.717) is 16.9 Å². The molecule has 1 heterocycles.